The molecule has 1 amide bonds. The quantitative estimate of drug-likeness (QED) is 0.754. The lowest BCUT2D eigenvalue weighted by molar-refractivity contribution is -0.132. The van der Waals surface area contributed by atoms with E-state index in [1.165, 1.54) is 12.1 Å². The number of amides is 1. The van der Waals surface area contributed by atoms with E-state index in [1.807, 2.05) is 0 Å². The minimum absolute atomic E-state index is 0. The van der Waals surface area contributed by atoms with Gasteiger partial charge in [-0.25, -0.2) is 12.8 Å². The van der Waals surface area contributed by atoms with Gasteiger partial charge in [0.05, 0.1) is 6.04 Å². The molecule has 2 N–H and O–H groups in total. The molecule has 0 radical (unpaired) electrons. The number of hydrogen-bond donors (Lipinski definition) is 2. The molecule has 1 atom stereocenters. The Labute approximate surface area is 170 Å². The van der Waals surface area contributed by atoms with Crippen LogP contribution in [0.3, 0.4) is 0 Å². The van der Waals surface area contributed by atoms with Crippen molar-refractivity contribution in [2.45, 2.75) is 36.2 Å². The summed E-state index contributed by atoms with van der Waals surface area (Å²) in [6.45, 7) is 3.13. The van der Waals surface area contributed by atoms with Gasteiger partial charge in [-0.1, -0.05) is 6.07 Å². The van der Waals surface area contributed by atoms with Crippen molar-refractivity contribution in [1.29, 1.82) is 0 Å². The van der Waals surface area contributed by atoms with Crippen molar-refractivity contribution >= 4 is 28.2 Å². The number of hydrogen-bond acceptors (Lipinski definition) is 5. The first-order chi connectivity index (χ1) is 12.7. The van der Waals surface area contributed by atoms with Crippen LogP contribution in [0.1, 0.15) is 31.4 Å². The topological polar surface area (TPSA) is 93.1 Å². The molecule has 1 aliphatic heterocycles. The third-order valence-corrected chi connectivity index (χ3v) is 6.13. The van der Waals surface area contributed by atoms with Gasteiger partial charge in [0.15, 0.2) is 9.84 Å². The van der Waals surface area contributed by atoms with Crippen molar-refractivity contribution in [3.63, 3.8) is 0 Å². The highest BCUT2D eigenvalue weighted by Crippen LogP contribution is 2.29. The van der Waals surface area contributed by atoms with Gasteiger partial charge in [0.25, 0.3) is 0 Å². The van der Waals surface area contributed by atoms with Crippen molar-refractivity contribution < 1.29 is 17.6 Å². The number of aromatic nitrogens is 2. The fourth-order valence-electron chi connectivity index (χ4n) is 3.42. The van der Waals surface area contributed by atoms with Crippen LogP contribution in [0.5, 0.6) is 0 Å². The van der Waals surface area contributed by atoms with E-state index in [0.29, 0.717) is 31.5 Å². The maximum atomic E-state index is 14.2. The molecule has 28 heavy (non-hydrogen) atoms. The zero-order valence-electron chi connectivity index (χ0n) is 15.7. The summed E-state index contributed by atoms with van der Waals surface area (Å²) in [6, 6.07) is 5.21. The molecular weight excluding hydrogens is 407 g/mol. The summed E-state index contributed by atoms with van der Waals surface area (Å²) in [6.07, 6.45) is 5.56. The predicted molar refractivity (Wildman–Crippen MR) is 106 cm³/mol. The van der Waals surface area contributed by atoms with Crippen LogP contribution in [0, 0.1) is 5.82 Å². The lowest BCUT2D eigenvalue weighted by Crippen LogP contribution is -2.55. The second-order valence-corrected chi connectivity index (χ2v) is 8.87. The third kappa shape index (κ3) is 4.37. The predicted octanol–water partition coefficient (Wildman–Crippen LogP) is 1.80. The number of rotatable bonds is 5. The molecular formula is C18H24ClFN4O3S. The van der Waals surface area contributed by atoms with E-state index < -0.39 is 27.2 Å². The zero-order valence-corrected chi connectivity index (χ0v) is 17.3. The van der Waals surface area contributed by atoms with Gasteiger partial charge in [0.2, 0.25) is 5.91 Å². The summed E-state index contributed by atoms with van der Waals surface area (Å²) >= 11 is 0. The van der Waals surface area contributed by atoms with Gasteiger partial charge in [0.1, 0.15) is 16.3 Å². The Bertz CT molecular complexity index is 928. The summed E-state index contributed by atoms with van der Waals surface area (Å²) in [5.74, 6) is -1.01. The molecule has 7 nitrogen and oxygen atoms in total. The van der Waals surface area contributed by atoms with Crippen molar-refractivity contribution in [2.75, 3.05) is 19.3 Å². The number of sulfone groups is 1. The highest BCUT2D eigenvalue weighted by molar-refractivity contribution is 7.90. The molecule has 0 aliphatic carbocycles. The number of nitrogens with one attached hydrogen (secondary N) is 2. The van der Waals surface area contributed by atoms with Gasteiger partial charge < -0.3 is 10.6 Å². The fraction of sp³-hybridized carbons (Fsp3) is 0.444. The Hall–Kier alpha value is -1.97. The second-order valence-electron chi connectivity index (χ2n) is 6.89. The minimum Gasteiger partial charge on any atom is -0.347 e. The molecule has 0 bridgehead atoms. The van der Waals surface area contributed by atoms with Gasteiger partial charge in [-0.05, 0) is 56.6 Å². The van der Waals surface area contributed by atoms with E-state index >= 15 is 0 Å². The molecule has 1 aromatic carbocycles. The van der Waals surface area contributed by atoms with Gasteiger partial charge in [0, 0.05) is 18.6 Å². The summed E-state index contributed by atoms with van der Waals surface area (Å²) in [7, 11) is -3.64. The SMILES string of the molecule is CC(NC(=O)C1(n2cccn2)CCNCC1)c1ccc(S(C)(=O)=O)c(F)c1.Cl. The maximum absolute atomic E-state index is 14.2. The highest BCUT2D eigenvalue weighted by atomic mass is 35.5. The monoisotopic (exact) mass is 430 g/mol. The van der Waals surface area contributed by atoms with Crippen molar-refractivity contribution in [2.24, 2.45) is 0 Å². The minimum atomic E-state index is -3.64. The maximum Gasteiger partial charge on any atom is 0.248 e. The largest absolute Gasteiger partial charge is 0.347 e. The molecule has 154 valence electrons. The zero-order chi connectivity index (χ0) is 19.7. The molecule has 10 heteroatoms. The van der Waals surface area contributed by atoms with E-state index in [0.717, 1.165) is 12.3 Å². The van der Waals surface area contributed by atoms with Gasteiger partial charge >= 0.3 is 0 Å². The van der Waals surface area contributed by atoms with E-state index in [1.54, 1.807) is 30.1 Å². The lowest BCUT2D eigenvalue weighted by atomic mass is 9.87. The van der Waals surface area contributed by atoms with Crippen molar-refractivity contribution in [3.05, 3.63) is 48.0 Å². The summed E-state index contributed by atoms with van der Waals surface area (Å²) in [5, 5.41) is 10.4. The molecule has 3 rings (SSSR count). The Balaban J connectivity index is 0.00000280. The van der Waals surface area contributed by atoms with E-state index in [-0.39, 0.29) is 23.2 Å². The van der Waals surface area contributed by atoms with Crippen LogP contribution < -0.4 is 10.6 Å². The second kappa shape index (κ2) is 8.59. The normalized spacial score (nSPS) is 17.4. The van der Waals surface area contributed by atoms with Gasteiger partial charge in [-0.3, -0.25) is 9.48 Å². The Morgan fingerprint density at radius 3 is 2.57 bits per heavy atom. The molecule has 1 aliphatic rings. The van der Waals surface area contributed by atoms with E-state index in [2.05, 4.69) is 15.7 Å². The van der Waals surface area contributed by atoms with Crippen molar-refractivity contribution in [3.8, 4) is 0 Å². The molecule has 2 aromatic rings. The summed E-state index contributed by atoms with van der Waals surface area (Å²) in [5.41, 5.74) is -0.299. The molecule has 0 saturated carbocycles. The van der Waals surface area contributed by atoms with Crippen LogP contribution in [0.25, 0.3) is 0 Å². The first kappa shape index (κ1) is 22.3. The summed E-state index contributed by atoms with van der Waals surface area (Å²) < 4.78 is 39.0. The van der Waals surface area contributed by atoms with Crippen LogP contribution in [-0.2, 0) is 20.2 Å². The first-order valence-corrected chi connectivity index (χ1v) is 10.6. The highest BCUT2D eigenvalue weighted by Gasteiger charge is 2.42. The third-order valence-electron chi connectivity index (χ3n) is 5.00. The number of carbonyl (C=O) groups excluding carboxylic acids is 1. The van der Waals surface area contributed by atoms with Crippen LogP contribution in [0.4, 0.5) is 4.39 Å². The first-order valence-electron chi connectivity index (χ1n) is 8.75. The number of carbonyl (C=O) groups is 1. The molecule has 2 heterocycles. The number of benzene rings is 1. The Kier molecular flexibility index (Phi) is 6.84. The fourth-order valence-corrected chi connectivity index (χ4v) is 4.15. The Morgan fingerprint density at radius 2 is 2.04 bits per heavy atom. The smallest absolute Gasteiger partial charge is 0.248 e. The molecule has 1 fully saturated rings. The van der Waals surface area contributed by atoms with Crippen molar-refractivity contribution in [1.82, 2.24) is 20.4 Å². The average molecular weight is 431 g/mol. The number of halogens is 2. The Morgan fingerprint density at radius 1 is 1.36 bits per heavy atom. The average Bonchev–Trinajstić information content (AvgIpc) is 3.16. The van der Waals surface area contributed by atoms with Gasteiger partial charge in [-0.2, -0.15) is 5.10 Å². The van der Waals surface area contributed by atoms with Crippen LogP contribution in [0.15, 0.2) is 41.6 Å². The van der Waals surface area contributed by atoms with E-state index in [4.69, 9.17) is 0 Å². The summed E-state index contributed by atoms with van der Waals surface area (Å²) in [4.78, 5) is 12.8. The molecule has 1 aromatic heterocycles. The van der Waals surface area contributed by atoms with Crippen LogP contribution in [-0.4, -0.2) is 43.5 Å². The molecule has 0 spiro atoms. The molecule has 1 saturated heterocycles. The number of piperidine rings is 1. The lowest BCUT2D eigenvalue weighted by Gasteiger charge is -2.37. The standard InChI is InChI=1S/C18H23FN4O3S.ClH/c1-13(14-4-5-16(15(19)12-14)27(2,25)26)22-17(24)18(6-9-20-10-7-18)23-11-3-8-21-23;/h3-5,8,11-13,20H,6-7,9-10H2,1-2H3,(H,22,24);1H. The number of nitrogens with zero attached hydrogens (tertiary/aromatic N) is 2. The van der Waals surface area contributed by atoms with E-state index in [9.17, 15) is 17.6 Å². The van der Waals surface area contributed by atoms with Gasteiger partial charge in [-0.15, -0.1) is 12.4 Å². The molecule has 1 unspecified atom stereocenters. The van der Waals surface area contributed by atoms with Crippen LogP contribution >= 0.6 is 12.4 Å². The van der Waals surface area contributed by atoms with Crippen LogP contribution in [0.2, 0.25) is 0 Å².